The second kappa shape index (κ2) is 3.23. The van der Waals surface area contributed by atoms with Crippen LogP contribution in [-0.2, 0) is 7.05 Å². The van der Waals surface area contributed by atoms with Gasteiger partial charge in [0.05, 0.1) is 5.44 Å². The number of aryl methyl sites for hydroxylation is 1. The fraction of sp³-hybridized carbons (Fsp3) is 0.429. The van der Waals surface area contributed by atoms with Crippen molar-refractivity contribution in [1.29, 1.82) is 0 Å². The van der Waals surface area contributed by atoms with E-state index in [1.807, 2.05) is 14.0 Å². The molecule has 0 aliphatic rings. The van der Waals surface area contributed by atoms with Gasteiger partial charge in [-0.05, 0) is 6.92 Å². The molecule has 1 heterocycles. The average molecular weight is 185 g/mol. The summed E-state index contributed by atoms with van der Waals surface area (Å²) < 4.78 is 1.67. The predicted octanol–water partition coefficient (Wildman–Crippen LogP) is -0.411. The van der Waals surface area contributed by atoms with Crippen LogP contribution in [0.4, 0.5) is 0 Å². The number of rotatable bonds is 1. The third-order valence-corrected chi connectivity index (χ3v) is 2.59. The zero-order valence-corrected chi connectivity index (χ0v) is 8.53. The number of hydrogen-bond acceptors (Lipinski definition) is 2. The van der Waals surface area contributed by atoms with E-state index in [-0.39, 0.29) is 5.91 Å². The smallest absolute Gasteiger partial charge is 0.271 e. The van der Waals surface area contributed by atoms with Gasteiger partial charge in [-0.3, -0.25) is 9.48 Å². The molecule has 0 saturated heterocycles. The average Bonchev–Trinajstić information content (AvgIpc) is 2.32. The minimum atomic E-state index is -0.142. The number of nitrogens with one attached hydrogen (secondary N) is 1. The van der Waals surface area contributed by atoms with Crippen LogP contribution >= 0.6 is 9.24 Å². The van der Waals surface area contributed by atoms with Gasteiger partial charge in [-0.25, -0.2) is 0 Å². The minimum Gasteiger partial charge on any atom is -0.354 e. The van der Waals surface area contributed by atoms with Gasteiger partial charge in [0.15, 0.2) is 5.69 Å². The topological polar surface area (TPSA) is 46.9 Å². The second-order valence-corrected chi connectivity index (χ2v) is 3.11. The highest BCUT2D eigenvalue weighted by Crippen LogP contribution is 2.04. The van der Waals surface area contributed by atoms with Crippen molar-refractivity contribution in [3.05, 3.63) is 11.3 Å². The van der Waals surface area contributed by atoms with E-state index < -0.39 is 0 Å². The molecule has 0 radical (unpaired) electrons. The Hall–Kier alpha value is -0.890. The summed E-state index contributed by atoms with van der Waals surface area (Å²) in [6.07, 6.45) is 0. The van der Waals surface area contributed by atoms with Crippen molar-refractivity contribution < 1.29 is 4.79 Å². The summed E-state index contributed by atoms with van der Waals surface area (Å²) in [5.74, 6) is -0.142. The molecule has 0 aliphatic heterocycles. The molecule has 1 aromatic heterocycles. The van der Waals surface area contributed by atoms with Gasteiger partial charge in [0, 0.05) is 19.7 Å². The van der Waals surface area contributed by atoms with Crippen molar-refractivity contribution in [3.63, 3.8) is 0 Å². The van der Waals surface area contributed by atoms with Crippen molar-refractivity contribution in [1.82, 2.24) is 15.1 Å². The van der Waals surface area contributed by atoms with Gasteiger partial charge in [-0.1, -0.05) is 9.24 Å². The SMILES string of the molecule is CNC(=O)c1nn(C)c(P)c1C. The Kier molecular flexibility index (Phi) is 2.48. The summed E-state index contributed by atoms with van der Waals surface area (Å²) in [6.45, 7) is 1.87. The van der Waals surface area contributed by atoms with Crippen molar-refractivity contribution in [2.75, 3.05) is 7.05 Å². The monoisotopic (exact) mass is 185 g/mol. The maximum absolute atomic E-state index is 11.2. The first-order chi connectivity index (χ1) is 5.57. The zero-order valence-electron chi connectivity index (χ0n) is 7.38. The number of carbonyl (C=O) groups excluding carboxylic acids is 1. The molecule has 66 valence electrons. The van der Waals surface area contributed by atoms with Gasteiger partial charge < -0.3 is 5.32 Å². The van der Waals surface area contributed by atoms with Crippen LogP contribution in [0.15, 0.2) is 0 Å². The van der Waals surface area contributed by atoms with Gasteiger partial charge >= 0.3 is 0 Å². The van der Waals surface area contributed by atoms with Gasteiger partial charge in [0.2, 0.25) is 0 Å². The Morgan fingerprint density at radius 3 is 2.58 bits per heavy atom. The van der Waals surface area contributed by atoms with Crippen LogP contribution in [0.25, 0.3) is 0 Å². The zero-order chi connectivity index (χ0) is 9.30. The van der Waals surface area contributed by atoms with Crippen molar-refractivity contribution in [2.45, 2.75) is 6.92 Å². The van der Waals surface area contributed by atoms with Crippen LogP contribution < -0.4 is 10.8 Å². The van der Waals surface area contributed by atoms with E-state index in [0.29, 0.717) is 5.69 Å². The van der Waals surface area contributed by atoms with E-state index in [9.17, 15) is 4.79 Å². The van der Waals surface area contributed by atoms with Crippen molar-refractivity contribution in [3.8, 4) is 0 Å². The highest BCUT2D eigenvalue weighted by atomic mass is 31.0. The molecule has 1 rings (SSSR count). The number of carbonyl (C=O) groups is 1. The van der Waals surface area contributed by atoms with E-state index in [0.717, 1.165) is 11.0 Å². The molecule has 1 atom stereocenters. The summed E-state index contributed by atoms with van der Waals surface area (Å²) in [5.41, 5.74) is 2.33. The van der Waals surface area contributed by atoms with Crippen molar-refractivity contribution >= 4 is 20.6 Å². The Morgan fingerprint density at radius 2 is 2.25 bits per heavy atom. The van der Waals surface area contributed by atoms with E-state index in [1.165, 1.54) is 0 Å². The maximum atomic E-state index is 11.2. The molecule has 1 amide bonds. The van der Waals surface area contributed by atoms with E-state index in [4.69, 9.17) is 0 Å². The molecule has 12 heavy (non-hydrogen) atoms. The van der Waals surface area contributed by atoms with Crippen LogP contribution in [0.5, 0.6) is 0 Å². The quantitative estimate of drug-likeness (QED) is 0.604. The van der Waals surface area contributed by atoms with Crippen LogP contribution in [0.3, 0.4) is 0 Å². The molecule has 0 fully saturated rings. The molecule has 0 aliphatic carbocycles. The van der Waals surface area contributed by atoms with Crippen LogP contribution in [-0.4, -0.2) is 22.7 Å². The standard InChI is InChI=1S/C7H12N3OP/c1-4-5(6(11)8-2)9-10(3)7(4)12/h12H2,1-3H3,(H,8,11). The normalized spacial score (nSPS) is 10.0. The summed E-state index contributed by atoms with van der Waals surface area (Å²) in [4.78, 5) is 11.2. The summed E-state index contributed by atoms with van der Waals surface area (Å²) in [7, 11) is 5.96. The molecule has 1 N–H and O–H groups in total. The Morgan fingerprint density at radius 1 is 1.67 bits per heavy atom. The molecular weight excluding hydrogens is 173 g/mol. The fourth-order valence-electron chi connectivity index (χ4n) is 0.977. The van der Waals surface area contributed by atoms with Crippen LogP contribution in [0, 0.1) is 6.92 Å². The lowest BCUT2D eigenvalue weighted by Gasteiger charge is -1.94. The molecule has 4 nitrogen and oxygen atoms in total. The second-order valence-electron chi connectivity index (χ2n) is 2.56. The highest BCUT2D eigenvalue weighted by molar-refractivity contribution is 7.27. The Labute approximate surface area is 73.5 Å². The first kappa shape index (κ1) is 9.20. The number of aromatic nitrogens is 2. The lowest BCUT2D eigenvalue weighted by atomic mass is 10.3. The number of nitrogens with zero attached hydrogens (tertiary/aromatic N) is 2. The maximum Gasteiger partial charge on any atom is 0.271 e. The molecule has 0 spiro atoms. The molecule has 0 aromatic carbocycles. The summed E-state index contributed by atoms with van der Waals surface area (Å²) in [5, 5.41) is 6.60. The van der Waals surface area contributed by atoms with Gasteiger partial charge in [-0.2, -0.15) is 5.10 Å². The third-order valence-electron chi connectivity index (χ3n) is 1.78. The van der Waals surface area contributed by atoms with E-state index in [2.05, 4.69) is 19.7 Å². The molecule has 1 unspecified atom stereocenters. The number of hydrogen-bond donors (Lipinski definition) is 1. The van der Waals surface area contributed by atoms with Gasteiger partial charge in [0.25, 0.3) is 5.91 Å². The lowest BCUT2D eigenvalue weighted by molar-refractivity contribution is 0.0957. The summed E-state index contributed by atoms with van der Waals surface area (Å²) >= 11 is 0. The lowest BCUT2D eigenvalue weighted by Crippen LogP contribution is -2.19. The Balaban J connectivity index is 3.17. The van der Waals surface area contributed by atoms with Crippen LogP contribution in [0.2, 0.25) is 0 Å². The predicted molar refractivity (Wildman–Crippen MR) is 50.7 cm³/mol. The molecular formula is C7H12N3OP. The van der Waals surface area contributed by atoms with E-state index in [1.54, 1.807) is 11.7 Å². The van der Waals surface area contributed by atoms with E-state index >= 15 is 0 Å². The molecule has 0 bridgehead atoms. The minimum absolute atomic E-state index is 0.142. The van der Waals surface area contributed by atoms with Crippen LogP contribution in [0.1, 0.15) is 16.1 Å². The first-order valence-electron chi connectivity index (χ1n) is 3.59. The third kappa shape index (κ3) is 1.34. The molecule has 5 heteroatoms. The summed E-state index contributed by atoms with van der Waals surface area (Å²) in [6, 6.07) is 0. The Bertz CT molecular complexity index is 319. The molecule has 1 aromatic rings. The first-order valence-corrected chi connectivity index (χ1v) is 4.16. The largest absolute Gasteiger partial charge is 0.354 e. The fourth-order valence-corrected chi connectivity index (χ4v) is 1.17. The molecule has 0 saturated carbocycles. The van der Waals surface area contributed by atoms with Gasteiger partial charge in [0.1, 0.15) is 0 Å². The highest BCUT2D eigenvalue weighted by Gasteiger charge is 2.14. The van der Waals surface area contributed by atoms with Gasteiger partial charge in [-0.15, -0.1) is 0 Å². The van der Waals surface area contributed by atoms with Crippen molar-refractivity contribution in [2.24, 2.45) is 7.05 Å². The number of amides is 1.